The van der Waals surface area contributed by atoms with Crippen molar-refractivity contribution in [2.45, 2.75) is 78.6 Å². The van der Waals surface area contributed by atoms with Gasteiger partial charge in [-0.2, -0.15) is 0 Å². The normalized spacial score (nSPS) is 45.3. The molecule has 0 aromatic rings. The van der Waals surface area contributed by atoms with Gasteiger partial charge in [0.1, 0.15) is 17.3 Å². The van der Waals surface area contributed by atoms with Gasteiger partial charge in [0.05, 0.1) is 0 Å². The molecule has 0 heterocycles. The highest BCUT2D eigenvalue weighted by atomic mass is 16.4. The summed E-state index contributed by atoms with van der Waals surface area (Å²) < 4.78 is 0. The average molecular weight is 403 g/mol. The fourth-order valence-electron chi connectivity index (χ4n) is 7.94. The maximum Gasteiger partial charge on any atom is 0.303 e. The number of carbonyl (C=O) groups excluding carboxylic acids is 3. The first-order valence-electron chi connectivity index (χ1n) is 11.4. The molecule has 8 atom stereocenters. The Balaban J connectivity index is 1.63. The number of carbonyl (C=O) groups is 4. The van der Waals surface area contributed by atoms with Crippen LogP contribution in [-0.2, 0) is 19.2 Å². The minimum atomic E-state index is -0.792. The van der Waals surface area contributed by atoms with Gasteiger partial charge in [-0.1, -0.05) is 20.8 Å². The third kappa shape index (κ3) is 3.02. The minimum Gasteiger partial charge on any atom is -0.481 e. The van der Waals surface area contributed by atoms with Gasteiger partial charge in [-0.3, -0.25) is 19.2 Å². The van der Waals surface area contributed by atoms with Crippen LogP contribution in [-0.4, -0.2) is 28.4 Å². The second-order valence-electron chi connectivity index (χ2n) is 10.9. The summed E-state index contributed by atoms with van der Waals surface area (Å²) in [7, 11) is 0. The summed E-state index contributed by atoms with van der Waals surface area (Å²) in [5.74, 6) is 0.524. The zero-order valence-corrected chi connectivity index (χ0v) is 17.9. The molecule has 0 amide bonds. The van der Waals surface area contributed by atoms with E-state index in [0.717, 1.165) is 19.3 Å². The SMILES string of the molecule is C[C@H](CCC(=O)O)[C@@H]1CC[C@H]2[C@@H]3C(=O)C[C@@H]4CC(=O)CC[C@]4(C)[C@@H]3CC(=O)[C@@]21C. The lowest BCUT2D eigenvalue weighted by Crippen LogP contribution is -2.60. The molecule has 29 heavy (non-hydrogen) atoms. The average Bonchev–Trinajstić information content (AvgIpc) is 3.01. The molecule has 4 rings (SSSR count). The third-order valence-electron chi connectivity index (χ3n) is 9.72. The first kappa shape index (κ1) is 20.7. The van der Waals surface area contributed by atoms with E-state index in [2.05, 4.69) is 20.8 Å². The van der Waals surface area contributed by atoms with Crippen molar-refractivity contribution in [3.63, 3.8) is 0 Å². The number of hydrogen-bond acceptors (Lipinski definition) is 4. The number of carboxylic acids is 1. The molecule has 0 aromatic carbocycles. The van der Waals surface area contributed by atoms with Crippen LogP contribution < -0.4 is 0 Å². The summed E-state index contributed by atoms with van der Waals surface area (Å²) in [6.07, 6.45) is 5.33. The zero-order chi connectivity index (χ0) is 21.1. The van der Waals surface area contributed by atoms with Crippen molar-refractivity contribution in [1.29, 1.82) is 0 Å². The molecular formula is C24H34O5. The van der Waals surface area contributed by atoms with Gasteiger partial charge in [-0.25, -0.2) is 0 Å². The molecule has 0 aromatic heterocycles. The van der Waals surface area contributed by atoms with Gasteiger partial charge >= 0.3 is 5.97 Å². The molecule has 0 unspecified atom stereocenters. The molecule has 0 bridgehead atoms. The summed E-state index contributed by atoms with van der Waals surface area (Å²) >= 11 is 0. The van der Waals surface area contributed by atoms with Gasteiger partial charge in [-0.05, 0) is 60.7 Å². The molecule has 4 aliphatic carbocycles. The minimum absolute atomic E-state index is 0.0659. The van der Waals surface area contributed by atoms with Gasteiger partial charge in [-0.15, -0.1) is 0 Å². The van der Waals surface area contributed by atoms with Gasteiger partial charge in [0, 0.05) is 43.4 Å². The summed E-state index contributed by atoms with van der Waals surface area (Å²) in [4.78, 5) is 50.0. The van der Waals surface area contributed by atoms with Gasteiger partial charge in [0.25, 0.3) is 0 Å². The Bertz CT molecular complexity index is 756. The second-order valence-corrected chi connectivity index (χ2v) is 10.9. The van der Waals surface area contributed by atoms with E-state index < -0.39 is 11.4 Å². The summed E-state index contributed by atoms with van der Waals surface area (Å²) in [5.41, 5.74) is -0.598. The Morgan fingerprint density at radius 2 is 1.83 bits per heavy atom. The Morgan fingerprint density at radius 3 is 2.52 bits per heavy atom. The number of fused-ring (bicyclic) bond motifs is 5. The molecule has 1 N–H and O–H groups in total. The Labute approximate surface area is 173 Å². The topological polar surface area (TPSA) is 88.5 Å². The summed E-state index contributed by atoms with van der Waals surface area (Å²) in [6, 6.07) is 0. The van der Waals surface area contributed by atoms with Crippen LogP contribution in [0.5, 0.6) is 0 Å². The summed E-state index contributed by atoms with van der Waals surface area (Å²) in [6.45, 7) is 6.37. The predicted molar refractivity (Wildman–Crippen MR) is 107 cm³/mol. The van der Waals surface area contributed by atoms with Crippen molar-refractivity contribution < 1.29 is 24.3 Å². The van der Waals surface area contributed by atoms with E-state index >= 15 is 0 Å². The van der Waals surface area contributed by atoms with E-state index in [1.165, 1.54) is 0 Å². The Kier molecular flexibility index (Phi) is 5.02. The highest BCUT2D eigenvalue weighted by Gasteiger charge is 2.66. The van der Waals surface area contributed by atoms with Crippen LogP contribution in [0.1, 0.15) is 78.6 Å². The van der Waals surface area contributed by atoms with E-state index in [-0.39, 0.29) is 64.7 Å². The van der Waals surface area contributed by atoms with Crippen molar-refractivity contribution in [1.82, 2.24) is 0 Å². The molecule has 5 nitrogen and oxygen atoms in total. The molecule has 5 heteroatoms. The van der Waals surface area contributed by atoms with Crippen LogP contribution in [0.4, 0.5) is 0 Å². The lowest BCUT2D eigenvalue weighted by Gasteiger charge is -2.58. The number of ketones is 3. The molecule has 4 saturated carbocycles. The number of hydrogen-bond donors (Lipinski definition) is 1. The van der Waals surface area contributed by atoms with Crippen LogP contribution in [0.15, 0.2) is 0 Å². The molecule has 0 saturated heterocycles. The third-order valence-corrected chi connectivity index (χ3v) is 9.72. The van der Waals surface area contributed by atoms with Crippen molar-refractivity contribution in [3.05, 3.63) is 0 Å². The van der Waals surface area contributed by atoms with Crippen LogP contribution in [0.2, 0.25) is 0 Å². The smallest absolute Gasteiger partial charge is 0.303 e. The monoisotopic (exact) mass is 402 g/mol. The number of carboxylic acid groups (broad SMARTS) is 1. The van der Waals surface area contributed by atoms with Gasteiger partial charge in [0.15, 0.2) is 0 Å². The lowest BCUT2D eigenvalue weighted by atomic mass is 9.44. The van der Waals surface area contributed by atoms with Gasteiger partial charge in [0.2, 0.25) is 0 Å². The lowest BCUT2D eigenvalue weighted by molar-refractivity contribution is -0.166. The molecule has 4 fully saturated rings. The van der Waals surface area contributed by atoms with Gasteiger partial charge < -0.3 is 5.11 Å². The maximum atomic E-state index is 13.6. The second kappa shape index (κ2) is 7.02. The molecule has 160 valence electrons. The molecule has 0 spiro atoms. The van der Waals surface area contributed by atoms with Crippen LogP contribution in [0.3, 0.4) is 0 Å². The van der Waals surface area contributed by atoms with Crippen LogP contribution in [0.25, 0.3) is 0 Å². The van der Waals surface area contributed by atoms with Crippen molar-refractivity contribution >= 4 is 23.3 Å². The largest absolute Gasteiger partial charge is 0.481 e. The first-order valence-corrected chi connectivity index (χ1v) is 11.4. The van der Waals surface area contributed by atoms with E-state index in [0.29, 0.717) is 32.1 Å². The number of rotatable bonds is 4. The molecular weight excluding hydrogens is 368 g/mol. The molecule has 0 aliphatic heterocycles. The highest BCUT2D eigenvalue weighted by Crippen LogP contribution is 2.66. The highest BCUT2D eigenvalue weighted by molar-refractivity contribution is 5.93. The van der Waals surface area contributed by atoms with Crippen molar-refractivity contribution in [2.75, 3.05) is 0 Å². The van der Waals surface area contributed by atoms with Crippen molar-refractivity contribution in [3.8, 4) is 0 Å². The quantitative estimate of drug-likeness (QED) is 0.766. The fourth-order valence-corrected chi connectivity index (χ4v) is 7.94. The first-order chi connectivity index (χ1) is 13.6. The van der Waals surface area contributed by atoms with Crippen LogP contribution in [0, 0.1) is 46.3 Å². The fraction of sp³-hybridized carbons (Fsp3) is 0.833. The van der Waals surface area contributed by atoms with E-state index in [1.807, 2.05) is 0 Å². The number of Topliss-reactive ketones (excluding diaryl/α,β-unsaturated/α-hetero) is 3. The zero-order valence-electron chi connectivity index (χ0n) is 17.9. The molecule has 0 radical (unpaired) electrons. The van der Waals surface area contributed by atoms with E-state index in [1.54, 1.807) is 0 Å². The van der Waals surface area contributed by atoms with Crippen molar-refractivity contribution in [2.24, 2.45) is 46.3 Å². The number of aliphatic carboxylic acids is 1. The maximum absolute atomic E-state index is 13.6. The predicted octanol–water partition coefficient (Wildman–Crippen LogP) is 4.07. The Morgan fingerprint density at radius 1 is 1.10 bits per heavy atom. The Hall–Kier alpha value is -1.52. The molecule has 4 aliphatic rings. The summed E-state index contributed by atoms with van der Waals surface area (Å²) in [5, 5.41) is 9.06. The van der Waals surface area contributed by atoms with E-state index in [4.69, 9.17) is 5.11 Å². The standard InChI is InChI=1S/C24H34O5/c1-13(4-7-21(28)29)16-5-6-17-22-18(12-20(27)24(16,17)3)23(2)9-8-15(25)10-14(23)11-19(22)26/h13-14,16-18,22H,4-12H2,1-3H3,(H,28,29)/t13-,14+,16+,17+,18-,22+,23+,24-/m1/s1. The van der Waals surface area contributed by atoms with E-state index in [9.17, 15) is 19.2 Å². The van der Waals surface area contributed by atoms with Crippen LogP contribution >= 0.6 is 0 Å².